The van der Waals surface area contributed by atoms with E-state index in [0.29, 0.717) is 12.2 Å². The molecule has 0 aliphatic carbocycles. The van der Waals surface area contributed by atoms with Gasteiger partial charge in [0.2, 0.25) is 10.0 Å². The number of sulfonamides is 1. The van der Waals surface area contributed by atoms with Crippen molar-refractivity contribution in [1.82, 2.24) is 9.29 Å². The van der Waals surface area contributed by atoms with Crippen LogP contribution in [0.2, 0.25) is 0 Å². The van der Waals surface area contributed by atoms with Crippen LogP contribution >= 0.6 is 11.8 Å². The summed E-state index contributed by atoms with van der Waals surface area (Å²) in [6.45, 7) is 6.07. The van der Waals surface area contributed by atoms with Gasteiger partial charge in [-0.25, -0.2) is 13.1 Å². The number of nitrogens with one attached hydrogen (secondary N) is 1. The van der Waals surface area contributed by atoms with E-state index >= 15 is 0 Å². The van der Waals surface area contributed by atoms with E-state index in [-0.39, 0.29) is 22.8 Å². The maximum Gasteiger partial charge on any atom is 0.242 e. The summed E-state index contributed by atoms with van der Waals surface area (Å²) >= 11 is 1.61. The van der Waals surface area contributed by atoms with Gasteiger partial charge in [0.1, 0.15) is 0 Å². The SMILES string of the molecule is CSC(C)CNS(=O)(=O)c1cc(CO)n(C(C)C)c1. The summed E-state index contributed by atoms with van der Waals surface area (Å²) in [5, 5.41) is 9.48. The minimum absolute atomic E-state index is 0.108. The zero-order valence-electron chi connectivity index (χ0n) is 11.8. The van der Waals surface area contributed by atoms with Crippen molar-refractivity contribution in [2.75, 3.05) is 12.8 Å². The average molecular weight is 306 g/mol. The van der Waals surface area contributed by atoms with Gasteiger partial charge in [-0.05, 0) is 26.2 Å². The standard InChI is InChI=1S/C12H22N2O3S2/c1-9(2)14-7-12(5-11(14)8-15)19(16,17)13-6-10(3)18-4/h5,7,9-10,13,15H,6,8H2,1-4H3. The molecular formula is C12H22N2O3S2. The van der Waals surface area contributed by atoms with E-state index in [0.717, 1.165) is 0 Å². The molecule has 110 valence electrons. The lowest BCUT2D eigenvalue weighted by atomic mass is 10.3. The number of rotatable bonds is 7. The van der Waals surface area contributed by atoms with Crippen LogP contribution in [0.3, 0.4) is 0 Å². The molecule has 0 aromatic carbocycles. The molecule has 1 aromatic heterocycles. The third-order valence-electron chi connectivity index (χ3n) is 2.90. The smallest absolute Gasteiger partial charge is 0.242 e. The number of aliphatic hydroxyl groups is 1. The second-order valence-electron chi connectivity index (χ2n) is 4.72. The van der Waals surface area contributed by atoms with Gasteiger partial charge in [-0.15, -0.1) is 0 Å². The molecule has 2 N–H and O–H groups in total. The number of thioether (sulfide) groups is 1. The second kappa shape index (κ2) is 6.78. The predicted molar refractivity (Wildman–Crippen MR) is 78.9 cm³/mol. The van der Waals surface area contributed by atoms with Crippen molar-refractivity contribution in [3.8, 4) is 0 Å². The van der Waals surface area contributed by atoms with Crippen LogP contribution in [0, 0.1) is 0 Å². The minimum Gasteiger partial charge on any atom is -0.390 e. The van der Waals surface area contributed by atoms with Crippen molar-refractivity contribution >= 4 is 21.8 Å². The van der Waals surface area contributed by atoms with Gasteiger partial charge in [0.15, 0.2) is 0 Å². The Labute approximate surface area is 119 Å². The first-order chi connectivity index (χ1) is 8.81. The molecule has 7 heteroatoms. The van der Waals surface area contributed by atoms with Crippen LogP contribution in [-0.2, 0) is 16.6 Å². The summed E-state index contributed by atoms with van der Waals surface area (Å²) in [7, 11) is -3.51. The Hall–Kier alpha value is -0.500. The molecule has 1 heterocycles. The summed E-state index contributed by atoms with van der Waals surface area (Å²) in [4.78, 5) is 0.207. The van der Waals surface area contributed by atoms with Gasteiger partial charge >= 0.3 is 0 Å². The molecule has 0 amide bonds. The molecule has 0 radical (unpaired) electrons. The Morgan fingerprint density at radius 2 is 2.05 bits per heavy atom. The van der Waals surface area contributed by atoms with Crippen molar-refractivity contribution in [1.29, 1.82) is 0 Å². The fourth-order valence-electron chi connectivity index (χ4n) is 1.64. The van der Waals surface area contributed by atoms with E-state index in [9.17, 15) is 13.5 Å². The lowest BCUT2D eigenvalue weighted by Gasteiger charge is -2.11. The molecule has 0 saturated heterocycles. The Morgan fingerprint density at radius 1 is 1.42 bits per heavy atom. The fourth-order valence-corrected chi connectivity index (χ4v) is 3.18. The van der Waals surface area contributed by atoms with Gasteiger partial charge in [0, 0.05) is 29.7 Å². The molecule has 0 aliphatic heterocycles. The second-order valence-corrected chi connectivity index (χ2v) is 7.77. The summed E-state index contributed by atoms with van der Waals surface area (Å²) in [6.07, 6.45) is 3.51. The maximum absolute atomic E-state index is 12.1. The molecule has 0 spiro atoms. The highest BCUT2D eigenvalue weighted by Gasteiger charge is 2.19. The average Bonchev–Trinajstić information content (AvgIpc) is 2.81. The van der Waals surface area contributed by atoms with Crippen LogP contribution in [0.5, 0.6) is 0 Å². The van der Waals surface area contributed by atoms with Gasteiger partial charge in [-0.3, -0.25) is 0 Å². The topological polar surface area (TPSA) is 71.3 Å². The number of aliphatic hydroxyl groups excluding tert-OH is 1. The molecule has 19 heavy (non-hydrogen) atoms. The van der Waals surface area contributed by atoms with Crippen LogP contribution in [0.4, 0.5) is 0 Å². The monoisotopic (exact) mass is 306 g/mol. The summed E-state index contributed by atoms with van der Waals surface area (Å²) < 4.78 is 28.6. The van der Waals surface area contributed by atoms with E-state index in [1.165, 1.54) is 6.07 Å². The highest BCUT2D eigenvalue weighted by molar-refractivity contribution is 7.99. The molecule has 1 unspecified atom stereocenters. The van der Waals surface area contributed by atoms with Gasteiger partial charge < -0.3 is 9.67 Å². The minimum atomic E-state index is -3.51. The molecular weight excluding hydrogens is 284 g/mol. The zero-order valence-corrected chi connectivity index (χ0v) is 13.4. The van der Waals surface area contributed by atoms with E-state index < -0.39 is 10.0 Å². The normalized spacial score (nSPS) is 14.0. The predicted octanol–water partition coefficient (Wildman–Crippen LogP) is 1.59. The van der Waals surface area contributed by atoms with Crippen molar-refractivity contribution in [3.05, 3.63) is 18.0 Å². The lowest BCUT2D eigenvalue weighted by molar-refractivity contribution is 0.268. The zero-order chi connectivity index (χ0) is 14.6. The molecule has 0 aliphatic rings. The third-order valence-corrected chi connectivity index (χ3v) is 5.26. The molecule has 0 fully saturated rings. The van der Waals surface area contributed by atoms with Crippen LogP contribution in [0.15, 0.2) is 17.2 Å². The Kier molecular flexibility index (Phi) is 5.91. The number of hydrogen-bond donors (Lipinski definition) is 2. The van der Waals surface area contributed by atoms with Crippen LogP contribution < -0.4 is 4.72 Å². The van der Waals surface area contributed by atoms with Gasteiger partial charge in [0.25, 0.3) is 0 Å². The van der Waals surface area contributed by atoms with E-state index in [2.05, 4.69) is 4.72 Å². The largest absolute Gasteiger partial charge is 0.390 e. The van der Waals surface area contributed by atoms with E-state index in [1.807, 2.05) is 27.0 Å². The Balaban J connectivity index is 2.95. The van der Waals surface area contributed by atoms with Crippen molar-refractivity contribution in [2.24, 2.45) is 0 Å². The molecule has 5 nitrogen and oxygen atoms in total. The number of nitrogens with zero attached hydrogens (tertiary/aromatic N) is 1. The van der Waals surface area contributed by atoms with Crippen molar-refractivity contribution in [2.45, 2.75) is 43.6 Å². The van der Waals surface area contributed by atoms with Crippen molar-refractivity contribution < 1.29 is 13.5 Å². The third kappa shape index (κ3) is 4.24. The highest BCUT2D eigenvalue weighted by atomic mass is 32.2. The summed E-state index contributed by atoms with van der Waals surface area (Å²) in [5.74, 6) is 0. The fraction of sp³-hybridized carbons (Fsp3) is 0.667. The molecule has 1 atom stereocenters. The molecule has 1 rings (SSSR count). The summed E-state index contributed by atoms with van der Waals surface area (Å²) in [5.41, 5.74) is 0.605. The van der Waals surface area contributed by atoms with Gasteiger partial charge in [-0.1, -0.05) is 6.92 Å². The number of hydrogen-bond acceptors (Lipinski definition) is 4. The number of aromatic nitrogens is 1. The highest BCUT2D eigenvalue weighted by Crippen LogP contribution is 2.19. The molecule has 0 bridgehead atoms. The maximum atomic E-state index is 12.1. The first-order valence-corrected chi connectivity index (χ1v) is 8.93. The van der Waals surface area contributed by atoms with Crippen LogP contribution in [0.25, 0.3) is 0 Å². The lowest BCUT2D eigenvalue weighted by Crippen LogP contribution is -2.29. The van der Waals surface area contributed by atoms with E-state index in [4.69, 9.17) is 0 Å². The molecule has 1 aromatic rings. The summed E-state index contributed by atoms with van der Waals surface area (Å²) in [6, 6.07) is 1.63. The Bertz CT molecular complexity index is 509. The van der Waals surface area contributed by atoms with Gasteiger partial charge in [-0.2, -0.15) is 11.8 Å². The van der Waals surface area contributed by atoms with Crippen LogP contribution in [0.1, 0.15) is 32.5 Å². The van der Waals surface area contributed by atoms with Gasteiger partial charge in [0.05, 0.1) is 11.5 Å². The molecule has 0 saturated carbocycles. The first-order valence-electron chi connectivity index (χ1n) is 6.16. The van der Waals surface area contributed by atoms with Crippen LogP contribution in [-0.4, -0.2) is 36.1 Å². The Morgan fingerprint density at radius 3 is 2.47 bits per heavy atom. The van der Waals surface area contributed by atoms with E-state index in [1.54, 1.807) is 22.5 Å². The quantitative estimate of drug-likeness (QED) is 0.802. The van der Waals surface area contributed by atoms with Crippen molar-refractivity contribution in [3.63, 3.8) is 0 Å². The first kappa shape index (κ1) is 16.6.